The molecule has 18 heavy (non-hydrogen) atoms. The lowest BCUT2D eigenvalue weighted by atomic mass is 9.92. The second kappa shape index (κ2) is 4.31. The number of aryl methyl sites for hydroxylation is 1. The number of likely N-dealkylation sites (tertiary alicyclic amines) is 1. The van der Waals surface area contributed by atoms with E-state index in [1.807, 2.05) is 13.0 Å². The number of Topliss-reactive ketones (excluding diaryl/α,β-unsaturated/α-hetero) is 1. The number of ketones is 1. The predicted molar refractivity (Wildman–Crippen MR) is 68.5 cm³/mol. The number of amides is 2. The summed E-state index contributed by atoms with van der Waals surface area (Å²) < 4.78 is 0. The highest BCUT2D eigenvalue weighted by molar-refractivity contribution is 7.14. The number of carbonyl (C=O) groups is 3. The molecule has 0 aliphatic carbocycles. The van der Waals surface area contributed by atoms with E-state index in [0.717, 1.165) is 9.78 Å². The van der Waals surface area contributed by atoms with E-state index in [9.17, 15) is 14.4 Å². The quantitative estimate of drug-likeness (QED) is 0.620. The third-order valence-electron chi connectivity index (χ3n) is 3.04. The van der Waals surface area contributed by atoms with Crippen molar-refractivity contribution in [3.63, 3.8) is 0 Å². The molecule has 0 bridgehead atoms. The summed E-state index contributed by atoms with van der Waals surface area (Å²) in [7, 11) is 0. The lowest BCUT2D eigenvalue weighted by Crippen LogP contribution is -2.37. The molecule has 0 saturated carbocycles. The molecule has 0 N–H and O–H groups in total. The molecule has 1 aromatic rings. The fourth-order valence-corrected chi connectivity index (χ4v) is 2.79. The Labute approximate surface area is 110 Å². The highest BCUT2D eigenvalue weighted by Gasteiger charge is 2.45. The number of nitrogens with zero attached hydrogens (tertiary/aromatic N) is 1. The number of hydrogen-bond donors (Lipinski definition) is 0. The van der Waals surface area contributed by atoms with Gasteiger partial charge in [-0.05, 0) is 19.1 Å². The molecule has 1 aliphatic heterocycles. The molecule has 1 fully saturated rings. The van der Waals surface area contributed by atoms with Gasteiger partial charge in [-0.3, -0.25) is 19.3 Å². The summed E-state index contributed by atoms with van der Waals surface area (Å²) >= 11 is 1.38. The summed E-state index contributed by atoms with van der Waals surface area (Å²) in [6, 6.07) is 3.59. The lowest BCUT2D eigenvalue weighted by Gasteiger charge is -2.16. The van der Waals surface area contributed by atoms with E-state index in [-0.39, 0.29) is 30.6 Å². The maximum Gasteiger partial charge on any atom is 0.235 e. The zero-order valence-corrected chi connectivity index (χ0v) is 11.5. The highest BCUT2D eigenvalue weighted by Crippen LogP contribution is 2.31. The minimum absolute atomic E-state index is 0.138. The molecule has 0 aromatic carbocycles. The normalized spacial score (nSPS) is 18.5. The third-order valence-corrected chi connectivity index (χ3v) is 4.08. The van der Waals surface area contributed by atoms with Gasteiger partial charge in [-0.2, -0.15) is 0 Å². The van der Waals surface area contributed by atoms with E-state index in [4.69, 9.17) is 0 Å². The fourth-order valence-electron chi connectivity index (χ4n) is 1.99. The minimum atomic E-state index is -0.678. The van der Waals surface area contributed by atoms with Crippen LogP contribution in [0.5, 0.6) is 0 Å². The van der Waals surface area contributed by atoms with Crippen LogP contribution in [0.2, 0.25) is 0 Å². The first-order valence-corrected chi connectivity index (χ1v) is 6.57. The lowest BCUT2D eigenvalue weighted by molar-refractivity contribution is -0.140. The van der Waals surface area contributed by atoms with Crippen LogP contribution >= 0.6 is 11.3 Å². The Morgan fingerprint density at radius 2 is 2.06 bits per heavy atom. The van der Waals surface area contributed by atoms with E-state index in [1.54, 1.807) is 19.9 Å². The van der Waals surface area contributed by atoms with Crippen molar-refractivity contribution in [3.8, 4) is 0 Å². The van der Waals surface area contributed by atoms with Crippen LogP contribution in [-0.4, -0.2) is 29.0 Å². The van der Waals surface area contributed by atoms with Gasteiger partial charge in [-0.1, -0.05) is 13.8 Å². The van der Waals surface area contributed by atoms with Gasteiger partial charge in [0.2, 0.25) is 11.8 Å². The van der Waals surface area contributed by atoms with Crippen molar-refractivity contribution in [2.75, 3.05) is 6.54 Å². The Balaban J connectivity index is 2.13. The molecule has 1 aliphatic rings. The summed E-state index contributed by atoms with van der Waals surface area (Å²) in [4.78, 5) is 38.4. The van der Waals surface area contributed by atoms with Crippen LogP contribution in [0.1, 0.15) is 34.8 Å². The Bertz CT molecular complexity index is 530. The topological polar surface area (TPSA) is 54.5 Å². The van der Waals surface area contributed by atoms with Gasteiger partial charge in [0.15, 0.2) is 5.78 Å². The minimum Gasteiger partial charge on any atom is -0.291 e. The first-order chi connectivity index (χ1) is 8.31. The summed E-state index contributed by atoms with van der Waals surface area (Å²) in [5, 5.41) is 0. The smallest absolute Gasteiger partial charge is 0.235 e. The molecule has 1 aromatic heterocycles. The van der Waals surface area contributed by atoms with Gasteiger partial charge in [-0.15, -0.1) is 11.3 Å². The second-order valence-electron chi connectivity index (χ2n) is 5.18. The largest absolute Gasteiger partial charge is 0.291 e. The average Bonchev–Trinajstić information content (AvgIpc) is 2.77. The van der Waals surface area contributed by atoms with Crippen LogP contribution in [0.3, 0.4) is 0 Å². The van der Waals surface area contributed by atoms with Gasteiger partial charge in [0.05, 0.1) is 16.8 Å². The standard InChI is InChI=1S/C13H15NO3S/c1-8-4-5-10(18-8)9(15)7-14-11(16)6-13(2,3)12(14)17/h4-5H,6-7H2,1-3H3. The molecule has 2 amide bonds. The number of rotatable bonds is 3. The maximum atomic E-state index is 12.0. The van der Waals surface area contributed by atoms with E-state index in [0.29, 0.717) is 4.88 Å². The molecular weight excluding hydrogens is 250 g/mol. The molecule has 96 valence electrons. The average molecular weight is 265 g/mol. The molecule has 0 unspecified atom stereocenters. The van der Waals surface area contributed by atoms with Crippen molar-refractivity contribution in [1.82, 2.24) is 4.90 Å². The van der Waals surface area contributed by atoms with Gasteiger partial charge in [0.1, 0.15) is 0 Å². The molecule has 2 rings (SSSR count). The van der Waals surface area contributed by atoms with Gasteiger partial charge in [0, 0.05) is 11.3 Å². The molecule has 1 saturated heterocycles. The zero-order chi connectivity index (χ0) is 13.5. The predicted octanol–water partition coefficient (Wildman–Crippen LogP) is 2.02. The molecule has 0 spiro atoms. The number of carbonyl (C=O) groups excluding carboxylic acids is 3. The molecule has 5 heteroatoms. The van der Waals surface area contributed by atoms with Gasteiger partial charge < -0.3 is 0 Å². The van der Waals surface area contributed by atoms with Gasteiger partial charge >= 0.3 is 0 Å². The van der Waals surface area contributed by atoms with E-state index in [2.05, 4.69) is 0 Å². The molecule has 4 nitrogen and oxygen atoms in total. The monoisotopic (exact) mass is 265 g/mol. The molecule has 2 heterocycles. The highest BCUT2D eigenvalue weighted by atomic mass is 32.1. The Hall–Kier alpha value is -1.49. The van der Waals surface area contributed by atoms with Crippen LogP contribution in [0.15, 0.2) is 12.1 Å². The zero-order valence-electron chi connectivity index (χ0n) is 10.6. The molecular formula is C13H15NO3S. The van der Waals surface area contributed by atoms with Crippen molar-refractivity contribution < 1.29 is 14.4 Å². The SMILES string of the molecule is Cc1ccc(C(=O)CN2C(=O)CC(C)(C)C2=O)s1. The Morgan fingerprint density at radius 1 is 1.39 bits per heavy atom. The third kappa shape index (κ3) is 2.22. The first kappa shape index (κ1) is 13.0. The van der Waals surface area contributed by atoms with Crippen LogP contribution in [0, 0.1) is 12.3 Å². The summed E-state index contributed by atoms with van der Waals surface area (Å²) in [6.45, 7) is 5.23. The maximum absolute atomic E-state index is 12.0. The second-order valence-corrected chi connectivity index (χ2v) is 6.47. The van der Waals surface area contributed by atoms with Crippen molar-refractivity contribution in [2.24, 2.45) is 5.41 Å². The van der Waals surface area contributed by atoms with Crippen LogP contribution in [-0.2, 0) is 9.59 Å². The fraction of sp³-hybridized carbons (Fsp3) is 0.462. The van der Waals surface area contributed by atoms with Crippen molar-refractivity contribution in [2.45, 2.75) is 27.2 Å². The Morgan fingerprint density at radius 3 is 2.50 bits per heavy atom. The van der Waals surface area contributed by atoms with Gasteiger partial charge in [-0.25, -0.2) is 0 Å². The number of imide groups is 1. The van der Waals surface area contributed by atoms with E-state index < -0.39 is 5.41 Å². The van der Waals surface area contributed by atoms with Crippen LogP contribution in [0.25, 0.3) is 0 Å². The first-order valence-electron chi connectivity index (χ1n) is 5.76. The van der Waals surface area contributed by atoms with Crippen LogP contribution in [0.4, 0.5) is 0 Å². The number of thiophene rings is 1. The van der Waals surface area contributed by atoms with Crippen molar-refractivity contribution >= 4 is 28.9 Å². The summed E-state index contributed by atoms with van der Waals surface area (Å²) in [5.74, 6) is -0.687. The summed E-state index contributed by atoms with van der Waals surface area (Å²) in [6.07, 6.45) is 0.183. The number of hydrogen-bond acceptors (Lipinski definition) is 4. The summed E-state index contributed by atoms with van der Waals surface area (Å²) in [5.41, 5.74) is -0.678. The van der Waals surface area contributed by atoms with Crippen LogP contribution < -0.4 is 0 Å². The Kier molecular flexibility index (Phi) is 3.11. The molecule has 0 atom stereocenters. The van der Waals surface area contributed by atoms with E-state index in [1.165, 1.54) is 11.3 Å². The van der Waals surface area contributed by atoms with Crippen molar-refractivity contribution in [3.05, 3.63) is 21.9 Å². The van der Waals surface area contributed by atoms with Crippen molar-refractivity contribution in [1.29, 1.82) is 0 Å². The van der Waals surface area contributed by atoms with E-state index >= 15 is 0 Å². The van der Waals surface area contributed by atoms with Gasteiger partial charge in [0.25, 0.3) is 0 Å². The molecule has 0 radical (unpaired) electrons.